The van der Waals surface area contributed by atoms with Crippen LogP contribution in [0.3, 0.4) is 0 Å². The van der Waals surface area contributed by atoms with E-state index in [0.717, 1.165) is 76.5 Å². The number of rotatable bonds is 10. The summed E-state index contributed by atoms with van der Waals surface area (Å²) in [5, 5.41) is 25.2. The van der Waals surface area contributed by atoms with Crippen molar-refractivity contribution < 1.29 is 42.9 Å². The predicted molar refractivity (Wildman–Crippen MR) is 290 cm³/mol. The van der Waals surface area contributed by atoms with Crippen LogP contribution in [-0.2, 0) is 21.4 Å². The number of likely N-dealkylation sites (tertiary alicyclic amines) is 2. The van der Waals surface area contributed by atoms with E-state index < -0.39 is 29.2 Å². The second-order valence-corrected chi connectivity index (χ2v) is 23.9. The molecule has 4 atom stereocenters. The van der Waals surface area contributed by atoms with Gasteiger partial charge in [-0.15, -0.1) is 6.42 Å². The van der Waals surface area contributed by atoms with Crippen LogP contribution in [0.5, 0.6) is 11.8 Å². The normalized spacial score (nSPS) is 25.7. The lowest BCUT2D eigenvalue weighted by atomic mass is 9.60. The quantitative estimate of drug-likeness (QED) is 0.0973. The number of piperidine rings is 3. The van der Waals surface area contributed by atoms with Crippen LogP contribution in [0.4, 0.5) is 19.4 Å². The monoisotopic (exact) mass is 1080 g/mol. The summed E-state index contributed by atoms with van der Waals surface area (Å²) in [5.74, 6) is 0.677. The second-order valence-electron chi connectivity index (χ2n) is 23.9. The highest BCUT2D eigenvalue weighted by Gasteiger charge is 2.56. The van der Waals surface area contributed by atoms with Gasteiger partial charge in [0, 0.05) is 74.3 Å². The minimum absolute atomic E-state index is 0.00128. The number of benzene rings is 3. The zero-order chi connectivity index (χ0) is 54.7. The third-order valence-electron chi connectivity index (χ3n) is 18.8. The number of aryl methyl sites for hydroxylation is 1. The maximum Gasteiger partial charge on any atom is 0.409 e. The summed E-state index contributed by atoms with van der Waals surface area (Å²) in [6, 6.07) is 11.3. The highest BCUT2D eigenvalue weighted by atomic mass is 19.1. The fourth-order valence-electron chi connectivity index (χ4n) is 14.7. The number of carbonyl (C=O) groups excluding carboxylic acids is 3. The first-order valence-electron chi connectivity index (χ1n) is 27.9. The summed E-state index contributed by atoms with van der Waals surface area (Å²) in [4.78, 5) is 74.1. The summed E-state index contributed by atoms with van der Waals surface area (Å²) in [6.45, 7) is 7.17. The van der Waals surface area contributed by atoms with Crippen molar-refractivity contribution >= 4 is 56.4 Å². The summed E-state index contributed by atoms with van der Waals surface area (Å²) in [5.41, 5.74) is 0.886. The van der Waals surface area contributed by atoms with Gasteiger partial charge >= 0.3 is 17.8 Å². The number of aromatic nitrogens is 5. The number of hydrogen-bond acceptors (Lipinski definition) is 14. The minimum Gasteiger partial charge on any atom is -0.508 e. The molecule has 1 aliphatic carbocycles. The number of anilines is 1. The van der Waals surface area contributed by atoms with Gasteiger partial charge in [-0.05, 0) is 144 Å². The van der Waals surface area contributed by atoms with E-state index in [4.69, 9.17) is 20.9 Å². The number of phenols is 1. The van der Waals surface area contributed by atoms with Crippen molar-refractivity contribution in [3.05, 3.63) is 81.9 Å². The molecule has 13 rings (SSSR count). The van der Waals surface area contributed by atoms with Gasteiger partial charge in [-0.3, -0.25) is 33.9 Å². The van der Waals surface area contributed by atoms with Crippen LogP contribution in [0.25, 0.3) is 44.0 Å². The van der Waals surface area contributed by atoms with E-state index in [-0.39, 0.29) is 100 Å². The Morgan fingerprint density at radius 3 is 2.51 bits per heavy atom. The number of imide groups is 1. The van der Waals surface area contributed by atoms with Crippen molar-refractivity contribution in [2.24, 2.45) is 12.5 Å². The molecule has 6 saturated heterocycles. The van der Waals surface area contributed by atoms with Gasteiger partial charge in [-0.1, -0.05) is 18.1 Å². The molecule has 0 bridgehead atoms. The standard InChI is InChI=1S/C59H64F2N10O8/c1-4-40-43(60)9-7-36-23-39(72)25-41(48(36)40)50-49(61)51-42(28-62-50)52(68-19-5-16-57(2,77)30-68)65-54(64-51)79-33-59-17-6-20-70(59)37(13-18-59)29-78-56(76)69-31-58(32-69)26-38(27-58)67-21-14-34(15-22-67)35-8-10-44-46(24-35)66(3)55(75)71(44)45-11-12-47(73)63-53(45)74/h1,7-10,23-25,28,34,37-38,45,72,77H,5-6,11-22,26-27,29-33H2,2-3H3,(H,63,73,74)/t37-,45?,57+,59-/m0/s1. The highest BCUT2D eigenvalue weighted by molar-refractivity contribution is 6.03. The smallest absolute Gasteiger partial charge is 0.409 e. The molecule has 0 radical (unpaired) electrons. The minimum atomic E-state index is -1.02. The van der Waals surface area contributed by atoms with Gasteiger partial charge in [-0.2, -0.15) is 9.97 Å². The summed E-state index contributed by atoms with van der Waals surface area (Å²) in [7, 11) is 1.73. The van der Waals surface area contributed by atoms with Gasteiger partial charge in [0.1, 0.15) is 47.9 Å². The first-order chi connectivity index (χ1) is 38.0. The number of aromatic hydroxyl groups is 1. The topological polar surface area (TPSA) is 201 Å². The average Bonchev–Trinajstić information content (AvgIpc) is 4.24. The number of ether oxygens (including phenoxy) is 2. The SMILES string of the molecule is C#Cc1c(F)ccc2cc(O)cc(-c3ncc4c(N5CCC[C@@](C)(O)C5)nc(OC[C@@]56CCCN5[C@H](COC(=O)N5CC7(CC(N8CCC(c9ccc%10c(c9)n(C)c(=O)n%10C9CCC(=O)NC9=O)CC8)C7)C5)CC6)nc4c3F)c12. The Bertz CT molecular complexity index is 3610. The molecule has 1 unspecified atom stereocenters. The Kier molecular flexibility index (Phi) is 12.5. The van der Waals surface area contributed by atoms with Gasteiger partial charge in [0.25, 0.3) is 0 Å². The van der Waals surface area contributed by atoms with E-state index in [1.807, 2.05) is 15.9 Å². The number of terminal acetylenes is 1. The fourth-order valence-corrected chi connectivity index (χ4v) is 14.7. The number of phenolic OH excluding ortho intramolecular Hbond substituents is 1. The Morgan fingerprint density at radius 2 is 1.73 bits per heavy atom. The largest absolute Gasteiger partial charge is 0.508 e. The molecule has 1 saturated carbocycles. The number of nitrogens with one attached hydrogen (secondary N) is 1. The molecule has 7 aliphatic rings. The first kappa shape index (κ1) is 51.2. The molecule has 1 spiro atoms. The van der Waals surface area contributed by atoms with Crippen LogP contribution >= 0.6 is 0 Å². The maximum atomic E-state index is 17.2. The molecule has 3 amide bonds. The third kappa shape index (κ3) is 8.83. The van der Waals surface area contributed by atoms with Gasteiger partial charge < -0.3 is 34.4 Å². The van der Waals surface area contributed by atoms with E-state index >= 15 is 8.78 Å². The predicted octanol–water partition coefficient (Wildman–Crippen LogP) is 6.65. The lowest BCUT2D eigenvalue weighted by Crippen LogP contribution is -2.68. The molecule has 3 aromatic carbocycles. The van der Waals surface area contributed by atoms with E-state index in [9.17, 15) is 29.4 Å². The molecule has 6 aliphatic heterocycles. The lowest BCUT2D eigenvalue weighted by molar-refractivity contribution is -0.135. The summed E-state index contributed by atoms with van der Waals surface area (Å²) >= 11 is 0. The van der Waals surface area contributed by atoms with Crippen LogP contribution in [-0.4, -0.2) is 149 Å². The van der Waals surface area contributed by atoms with Gasteiger partial charge in [0.2, 0.25) is 11.8 Å². The Hall–Kier alpha value is -7.21. The molecule has 79 heavy (non-hydrogen) atoms. The van der Waals surface area contributed by atoms with Crippen LogP contribution in [0.1, 0.15) is 107 Å². The molecular formula is C59H64F2N10O8. The number of nitrogens with zero attached hydrogens (tertiary/aromatic N) is 9. The Morgan fingerprint density at radius 1 is 0.937 bits per heavy atom. The number of carbonyl (C=O) groups is 3. The van der Waals surface area contributed by atoms with Crippen molar-refractivity contribution in [2.45, 2.75) is 119 Å². The zero-order valence-corrected chi connectivity index (χ0v) is 44.5. The highest BCUT2D eigenvalue weighted by Crippen LogP contribution is 2.52. The molecule has 6 aromatic rings. The zero-order valence-electron chi connectivity index (χ0n) is 44.5. The molecular weight excluding hydrogens is 1010 g/mol. The van der Waals surface area contributed by atoms with Gasteiger partial charge in [0.15, 0.2) is 5.82 Å². The number of hydrogen-bond donors (Lipinski definition) is 3. The molecule has 9 heterocycles. The number of amides is 3. The summed E-state index contributed by atoms with van der Waals surface area (Å²) < 4.78 is 48.0. The molecule has 412 valence electrons. The van der Waals surface area contributed by atoms with Crippen molar-refractivity contribution in [3.8, 4) is 35.4 Å². The summed E-state index contributed by atoms with van der Waals surface area (Å²) in [6.07, 6.45) is 16.2. The number of β-amino-alcohol motifs (C(OH)–C–C–N with tert-alkyl or cyclic N) is 1. The van der Waals surface area contributed by atoms with Crippen LogP contribution in [0, 0.1) is 29.4 Å². The lowest BCUT2D eigenvalue weighted by Gasteiger charge is -2.61. The van der Waals surface area contributed by atoms with Crippen molar-refractivity contribution in [3.63, 3.8) is 0 Å². The number of fused-ring (bicyclic) bond motifs is 4. The number of pyridine rings is 1. The molecule has 7 fully saturated rings. The number of halogens is 2. The molecule has 3 aromatic heterocycles. The van der Waals surface area contributed by atoms with E-state index in [1.54, 1.807) is 18.5 Å². The molecule has 18 nitrogen and oxygen atoms in total. The van der Waals surface area contributed by atoms with Crippen LogP contribution in [0.15, 0.2) is 53.5 Å². The molecule has 20 heteroatoms. The Balaban J connectivity index is 0.631. The average molecular weight is 1080 g/mol. The van der Waals surface area contributed by atoms with E-state index in [2.05, 4.69) is 43.1 Å². The van der Waals surface area contributed by atoms with Gasteiger partial charge in [-0.25, -0.2) is 18.4 Å². The first-order valence-corrected chi connectivity index (χ1v) is 27.9. The number of imidazole rings is 1. The number of aliphatic hydroxyl groups is 1. The third-order valence-corrected chi connectivity index (χ3v) is 18.8. The Labute approximate surface area is 454 Å². The van der Waals surface area contributed by atoms with Gasteiger partial charge in [0.05, 0.1) is 33.1 Å². The second kappa shape index (κ2) is 19.3. The van der Waals surface area contributed by atoms with Crippen molar-refractivity contribution in [1.29, 1.82) is 0 Å². The molecule has 3 N–H and O–H groups in total. The maximum absolute atomic E-state index is 17.2. The van der Waals surface area contributed by atoms with E-state index in [0.29, 0.717) is 73.0 Å². The van der Waals surface area contributed by atoms with E-state index in [1.165, 1.54) is 40.6 Å². The van der Waals surface area contributed by atoms with Crippen LogP contribution < -0.4 is 20.6 Å². The van der Waals surface area contributed by atoms with Crippen molar-refractivity contribution in [1.82, 2.24) is 44.1 Å². The van der Waals surface area contributed by atoms with Crippen molar-refractivity contribution in [2.75, 3.05) is 63.9 Å². The van der Waals surface area contributed by atoms with Crippen LogP contribution in [0.2, 0.25) is 0 Å². The fraction of sp³-hybridized carbons (Fsp3) is 0.508.